The Bertz CT molecular complexity index is 406. The molecule has 0 saturated heterocycles. The molecule has 1 rings (SSSR count). The SMILES string of the molecule is C/C=C(\C=C1\C=C(C(C)(C)CN)NC1)[N+](=O)[O-]. The number of nitrogens with one attached hydrogen (secondary N) is 1. The van der Waals surface area contributed by atoms with Gasteiger partial charge in [-0.1, -0.05) is 13.8 Å². The standard InChI is InChI=1S/C12H19N3O2/c1-4-10(15(16)17)5-9-6-11(14-7-9)12(2,3)8-13/h4-6,14H,7-8,13H2,1-3H3/b9-5-,10-4+. The van der Waals surface area contributed by atoms with Crippen LogP contribution in [-0.4, -0.2) is 18.0 Å². The molecule has 0 saturated carbocycles. The lowest BCUT2D eigenvalue weighted by atomic mass is 9.89. The molecule has 0 spiro atoms. The molecule has 1 heterocycles. The van der Waals surface area contributed by atoms with Crippen molar-refractivity contribution in [3.05, 3.63) is 45.3 Å². The van der Waals surface area contributed by atoms with Crippen LogP contribution in [0.15, 0.2) is 35.2 Å². The molecule has 0 fully saturated rings. The molecule has 0 aliphatic carbocycles. The molecule has 0 unspecified atom stereocenters. The number of rotatable bonds is 4. The molecule has 94 valence electrons. The fraction of sp³-hybridized carbons (Fsp3) is 0.500. The maximum Gasteiger partial charge on any atom is 0.265 e. The zero-order chi connectivity index (χ0) is 13.1. The summed E-state index contributed by atoms with van der Waals surface area (Å²) in [5, 5.41) is 13.9. The van der Waals surface area contributed by atoms with Gasteiger partial charge in [-0.25, -0.2) is 0 Å². The van der Waals surface area contributed by atoms with Crippen LogP contribution in [0.4, 0.5) is 0 Å². The third-order valence-corrected chi connectivity index (χ3v) is 2.89. The molecule has 0 amide bonds. The van der Waals surface area contributed by atoms with E-state index in [4.69, 9.17) is 5.73 Å². The highest BCUT2D eigenvalue weighted by atomic mass is 16.6. The summed E-state index contributed by atoms with van der Waals surface area (Å²) in [5.74, 6) is 0. The number of nitrogens with two attached hydrogens (primary N) is 1. The molecule has 0 aromatic rings. The fourth-order valence-corrected chi connectivity index (χ4v) is 1.55. The van der Waals surface area contributed by atoms with Crippen molar-refractivity contribution in [2.75, 3.05) is 13.1 Å². The van der Waals surface area contributed by atoms with Crippen LogP contribution in [0, 0.1) is 15.5 Å². The maximum absolute atomic E-state index is 10.7. The van der Waals surface area contributed by atoms with Crippen molar-refractivity contribution in [1.82, 2.24) is 5.32 Å². The maximum atomic E-state index is 10.7. The van der Waals surface area contributed by atoms with E-state index in [0.717, 1.165) is 11.3 Å². The minimum absolute atomic E-state index is 0.116. The van der Waals surface area contributed by atoms with Crippen LogP contribution in [0.5, 0.6) is 0 Å². The van der Waals surface area contributed by atoms with E-state index in [1.807, 2.05) is 19.9 Å². The highest BCUT2D eigenvalue weighted by Gasteiger charge is 2.25. The van der Waals surface area contributed by atoms with Crippen molar-refractivity contribution in [2.24, 2.45) is 11.1 Å². The van der Waals surface area contributed by atoms with Gasteiger partial charge in [-0.05, 0) is 24.6 Å². The Kier molecular flexibility index (Phi) is 4.07. The van der Waals surface area contributed by atoms with Gasteiger partial charge < -0.3 is 11.1 Å². The molecular weight excluding hydrogens is 218 g/mol. The van der Waals surface area contributed by atoms with Gasteiger partial charge in [-0.3, -0.25) is 10.1 Å². The first-order chi connectivity index (χ1) is 7.90. The quantitative estimate of drug-likeness (QED) is 0.574. The van der Waals surface area contributed by atoms with E-state index < -0.39 is 0 Å². The summed E-state index contributed by atoms with van der Waals surface area (Å²) in [6, 6.07) is 0. The van der Waals surface area contributed by atoms with Crippen molar-refractivity contribution in [2.45, 2.75) is 20.8 Å². The van der Waals surface area contributed by atoms with Gasteiger partial charge in [0.25, 0.3) is 5.70 Å². The number of hydrogen-bond donors (Lipinski definition) is 2. The van der Waals surface area contributed by atoms with Gasteiger partial charge in [0.1, 0.15) is 0 Å². The fourth-order valence-electron chi connectivity index (χ4n) is 1.55. The summed E-state index contributed by atoms with van der Waals surface area (Å²) in [6.45, 7) is 6.89. The number of nitrogens with zero attached hydrogens (tertiary/aromatic N) is 1. The van der Waals surface area contributed by atoms with E-state index in [0.29, 0.717) is 13.1 Å². The second-order valence-electron chi connectivity index (χ2n) is 4.69. The molecule has 0 aromatic carbocycles. The smallest absolute Gasteiger partial charge is 0.265 e. The lowest BCUT2D eigenvalue weighted by molar-refractivity contribution is -0.419. The number of allylic oxidation sites excluding steroid dienone is 2. The van der Waals surface area contributed by atoms with E-state index in [1.165, 1.54) is 6.08 Å². The minimum Gasteiger partial charge on any atom is -0.384 e. The van der Waals surface area contributed by atoms with Crippen LogP contribution in [0.1, 0.15) is 20.8 Å². The van der Waals surface area contributed by atoms with Crippen LogP contribution in [0.25, 0.3) is 0 Å². The van der Waals surface area contributed by atoms with Crippen molar-refractivity contribution in [1.29, 1.82) is 0 Å². The third-order valence-electron chi connectivity index (χ3n) is 2.89. The average Bonchev–Trinajstić information content (AvgIpc) is 2.74. The van der Waals surface area contributed by atoms with Crippen LogP contribution in [0.2, 0.25) is 0 Å². The van der Waals surface area contributed by atoms with E-state index in [9.17, 15) is 10.1 Å². The lowest BCUT2D eigenvalue weighted by Gasteiger charge is -2.24. The molecule has 0 aromatic heterocycles. The van der Waals surface area contributed by atoms with E-state index in [2.05, 4.69) is 5.32 Å². The van der Waals surface area contributed by atoms with Crippen molar-refractivity contribution in [3.8, 4) is 0 Å². The van der Waals surface area contributed by atoms with Gasteiger partial charge in [0.2, 0.25) is 0 Å². The van der Waals surface area contributed by atoms with Crippen LogP contribution in [-0.2, 0) is 0 Å². The Balaban J connectivity index is 2.92. The van der Waals surface area contributed by atoms with Crippen molar-refractivity contribution in [3.63, 3.8) is 0 Å². The summed E-state index contributed by atoms with van der Waals surface area (Å²) in [6.07, 6.45) is 5.03. The summed E-state index contributed by atoms with van der Waals surface area (Å²) >= 11 is 0. The Morgan fingerprint density at radius 1 is 1.71 bits per heavy atom. The second-order valence-corrected chi connectivity index (χ2v) is 4.69. The van der Waals surface area contributed by atoms with Gasteiger partial charge in [0, 0.05) is 30.3 Å². The normalized spacial score (nSPS) is 19.2. The molecule has 0 atom stereocenters. The van der Waals surface area contributed by atoms with Gasteiger partial charge in [0.15, 0.2) is 0 Å². The molecular formula is C12H19N3O2. The zero-order valence-corrected chi connectivity index (χ0v) is 10.5. The third kappa shape index (κ3) is 3.17. The minimum atomic E-state index is -0.382. The van der Waals surface area contributed by atoms with Gasteiger partial charge >= 0.3 is 0 Å². The molecule has 1 aliphatic heterocycles. The Labute approximate surface area is 101 Å². The van der Waals surface area contributed by atoms with Gasteiger partial charge in [-0.15, -0.1) is 0 Å². The van der Waals surface area contributed by atoms with Gasteiger partial charge in [0.05, 0.1) is 4.92 Å². The highest BCUT2D eigenvalue weighted by molar-refractivity contribution is 5.37. The zero-order valence-electron chi connectivity index (χ0n) is 10.5. The summed E-state index contributed by atoms with van der Waals surface area (Å²) in [5.41, 5.74) is 7.62. The van der Waals surface area contributed by atoms with E-state index in [1.54, 1.807) is 13.0 Å². The Morgan fingerprint density at radius 3 is 2.82 bits per heavy atom. The van der Waals surface area contributed by atoms with Crippen LogP contribution in [0.3, 0.4) is 0 Å². The lowest BCUT2D eigenvalue weighted by Crippen LogP contribution is -2.31. The summed E-state index contributed by atoms with van der Waals surface area (Å²) in [4.78, 5) is 10.3. The molecule has 0 radical (unpaired) electrons. The highest BCUT2D eigenvalue weighted by Crippen LogP contribution is 2.27. The van der Waals surface area contributed by atoms with E-state index in [-0.39, 0.29) is 16.0 Å². The molecule has 5 heteroatoms. The molecule has 3 N–H and O–H groups in total. The first kappa shape index (κ1) is 13.4. The van der Waals surface area contributed by atoms with Crippen molar-refractivity contribution < 1.29 is 4.92 Å². The molecule has 5 nitrogen and oxygen atoms in total. The largest absolute Gasteiger partial charge is 0.384 e. The first-order valence-corrected chi connectivity index (χ1v) is 5.58. The molecule has 17 heavy (non-hydrogen) atoms. The van der Waals surface area contributed by atoms with Crippen LogP contribution < -0.4 is 11.1 Å². The Morgan fingerprint density at radius 2 is 2.35 bits per heavy atom. The summed E-state index contributed by atoms with van der Waals surface area (Å²) < 4.78 is 0. The second kappa shape index (κ2) is 5.14. The molecule has 1 aliphatic rings. The monoisotopic (exact) mass is 237 g/mol. The molecule has 0 bridgehead atoms. The predicted octanol–water partition coefficient (Wildman–Crippen LogP) is 1.57. The van der Waals surface area contributed by atoms with Gasteiger partial charge in [-0.2, -0.15) is 0 Å². The summed E-state index contributed by atoms with van der Waals surface area (Å²) in [7, 11) is 0. The van der Waals surface area contributed by atoms with E-state index >= 15 is 0 Å². The Hall–Kier alpha value is -1.62. The number of hydrogen-bond acceptors (Lipinski definition) is 4. The predicted molar refractivity (Wildman–Crippen MR) is 67.8 cm³/mol. The van der Waals surface area contributed by atoms with Crippen molar-refractivity contribution >= 4 is 0 Å². The topological polar surface area (TPSA) is 81.2 Å². The number of nitro groups is 1. The van der Waals surface area contributed by atoms with Crippen LogP contribution >= 0.6 is 0 Å². The first-order valence-electron chi connectivity index (χ1n) is 5.58. The average molecular weight is 237 g/mol.